The third-order valence-electron chi connectivity index (χ3n) is 9.86. The number of aromatic hydroxyl groups is 1. The summed E-state index contributed by atoms with van der Waals surface area (Å²) in [4.78, 5) is 80.0. The van der Waals surface area contributed by atoms with Gasteiger partial charge in [0, 0.05) is 12.8 Å². The lowest BCUT2D eigenvalue weighted by atomic mass is 9.87. The maximum atomic E-state index is 14.0. The SMILES string of the molecule is NCCCC[C@@H]1NC(=O)CCC=CC[C@@H](C(=O)N[C@@H](Cc2ccc(O)cc2)C(=O)C[C@@H](CC2CCCC2)C(=O)O)NC(=O)[C@H](CCCCN)NC1=O. The van der Waals surface area contributed by atoms with E-state index in [0.717, 1.165) is 25.7 Å². The lowest BCUT2D eigenvalue weighted by molar-refractivity contribution is -0.144. The number of nitrogens with one attached hydrogen (secondary N) is 4. The van der Waals surface area contributed by atoms with Gasteiger partial charge in [-0.25, -0.2) is 0 Å². The summed E-state index contributed by atoms with van der Waals surface area (Å²) in [5, 5.41) is 30.9. The first-order valence-corrected chi connectivity index (χ1v) is 18.8. The van der Waals surface area contributed by atoms with Gasteiger partial charge in [0.15, 0.2) is 5.78 Å². The number of carbonyl (C=O) groups excluding carboxylic acids is 5. The number of nitrogens with two attached hydrogens (primary N) is 2. The van der Waals surface area contributed by atoms with Crippen LogP contribution in [0.3, 0.4) is 0 Å². The van der Waals surface area contributed by atoms with Crippen molar-refractivity contribution < 1.29 is 39.0 Å². The molecular formula is C38H58N6O8. The molecule has 1 heterocycles. The number of carboxylic acid groups (broad SMARTS) is 1. The van der Waals surface area contributed by atoms with Gasteiger partial charge in [-0.05, 0) is 101 Å². The third-order valence-corrected chi connectivity index (χ3v) is 9.86. The molecule has 0 unspecified atom stereocenters. The van der Waals surface area contributed by atoms with Gasteiger partial charge in [0.25, 0.3) is 0 Å². The van der Waals surface area contributed by atoms with Crippen molar-refractivity contribution in [2.24, 2.45) is 23.3 Å². The Hall–Kier alpha value is -4.30. The normalized spacial score (nSPS) is 21.7. The number of allylic oxidation sites excluding steroid dienone is 1. The Balaban J connectivity index is 1.86. The van der Waals surface area contributed by atoms with E-state index in [1.807, 2.05) is 0 Å². The van der Waals surface area contributed by atoms with Crippen molar-refractivity contribution in [1.82, 2.24) is 21.3 Å². The average molecular weight is 727 g/mol. The molecule has 14 nitrogen and oxygen atoms in total. The van der Waals surface area contributed by atoms with Crippen molar-refractivity contribution >= 4 is 35.4 Å². The van der Waals surface area contributed by atoms with Gasteiger partial charge < -0.3 is 42.9 Å². The van der Waals surface area contributed by atoms with E-state index in [2.05, 4.69) is 21.3 Å². The number of Topliss-reactive ketones (excluding diaryl/α,β-unsaturated/α-hetero) is 1. The van der Waals surface area contributed by atoms with Crippen molar-refractivity contribution in [3.05, 3.63) is 42.0 Å². The zero-order valence-electron chi connectivity index (χ0n) is 30.2. The predicted molar refractivity (Wildman–Crippen MR) is 196 cm³/mol. The topological polar surface area (TPSA) is 243 Å². The number of amides is 4. The third kappa shape index (κ3) is 14.7. The smallest absolute Gasteiger partial charge is 0.306 e. The Kier molecular flexibility index (Phi) is 18.3. The Morgan fingerprint density at radius 3 is 2.08 bits per heavy atom. The quantitative estimate of drug-likeness (QED) is 0.0809. The molecule has 288 valence electrons. The van der Waals surface area contributed by atoms with E-state index in [-0.39, 0.29) is 49.7 Å². The van der Waals surface area contributed by atoms with E-state index in [4.69, 9.17) is 11.5 Å². The van der Waals surface area contributed by atoms with E-state index in [9.17, 15) is 39.0 Å². The molecule has 1 aliphatic carbocycles. The fourth-order valence-electron chi connectivity index (χ4n) is 6.82. The van der Waals surface area contributed by atoms with Crippen molar-refractivity contribution in [2.75, 3.05) is 13.1 Å². The lowest BCUT2D eigenvalue weighted by Crippen LogP contribution is -2.58. The van der Waals surface area contributed by atoms with Crippen molar-refractivity contribution in [1.29, 1.82) is 0 Å². The fraction of sp³-hybridized carbons (Fsp3) is 0.632. The minimum absolute atomic E-state index is 0.0276. The average Bonchev–Trinajstić information content (AvgIpc) is 3.63. The first-order chi connectivity index (χ1) is 25.0. The minimum atomic E-state index is -1.15. The lowest BCUT2D eigenvalue weighted by Gasteiger charge is -2.27. The molecule has 1 aliphatic heterocycles. The summed E-state index contributed by atoms with van der Waals surface area (Å²) in [6.07, 6.45) is 10.9. The summed E-state index contributed by atoms with van der Waals surface area (Å²) in [5.41, 5.74) is 12.0. The second kappa shape index (κ2) is 22.6. The largest absolute Gasteiger partial charge is 0.508 e. The van der Waals surface area contributed by atoms with E-state index in [0.29, 0.717) is 63.6 Å². The molecule has 10 N–H and O–H groups in total. The van der Waals surface area contributed by atoms with Gasteiger partial charge in [-0.15, -0.1) is 0 Å². The van der Waals surface area contributed by atoms with E-state index in [1.54, 1.807) is 24.3 Å². The number of hydrogen-bond donors (Lipinski definition) is 8. The van der Waals surface area contributed by atoms with Gasteiger partial charge in [0.1, 0.15) is 23.9 Å². The number of rotatable bonds is 18. The second-order valence-electron chi connectivity index (χ2n) is 14.1. The Labute approximate surface area is 306 Å². The van der Waals surface area contributed by atoms with Gasteiger partial charge in [-0.2, -0.15) is 0 Å². The number of carboxylic acids is 1. The van der Waals surface area contributed by atoms with Gasteiger partial charge in [-0.1, -0.05) is 50.0 Å². The second-order valence-corrected chi connectivity index (χ2v) is 14.1. The minimum Gasteiger partial charge on any atom is -0.508 e. The molecule has 4 amide bonds. The molecule has 52 heavy (non-hydrogen) atoms. The molecular weight excluding hydrogens is 668 g/mol. The number of ketones is 1. The van der Waals surface area contributed by atoms with Crippen LogP contribution in [-0.4, -0.2) is 82.9 Å². The Morgan fingerprint density at radius 1 is 0.846 bits per heavy atom. The molecule has 14 heteroatoms. The zero-order chi connectivity index (χ0) is 37.9. The van der Waals surface area contributed by atoms with Crippen LogP contribution in [0.1, 0.15) is 102 Å². The van der Waals surface area contributed by atoms with Crippen LogP contribution in [0.2, 0.25) is 0 Å². The monoisotopic (exact) mass is 726 g/mol. The van der Waals surface area contributed by atoms with Crippen LogP contribution < -0.4 is 32.7 Å². The van der Waals surface area contributed by atoms with Crippen molar-refractivity contribution in [2.45, 2.75) is 127 Å². The summed E-state index contributed by atoms with van der Waals surface area (Å²) in [5.74, 6) is -4.25. The number of hydrogen-bond acceptors (Lipinski definition) is 9. The van der Waals surface area contributed by atoms with Crippen LogP contribution >= 0.6 is 0 Å². The molecule has 1 saturated carbocycles. The van der Waals surface area contributed by atoms with E-state index >= 15 is 0 Å². The van der Waals surface area contributed by atoms with Crippen LogP contribution in [0.5, 0.6) is 5.75 Å². The van der Waals surface area contributed by atoms with Crippen LogP contribution in [0.15, 0.2) is 36.4 Å². The maximum Gasteiger partial charge on any atom is 0.306 e. The highest BCUT2D eigenvalue weighted by Crippen LogP contribution is 2.32. The number of phenolic OH excluding ortho intramolecular Hbond substituents is 1. The molecule has 1 aromatic rings. The maximum absolute atomic E-state index is 14.0. The summed E-state index contributed by atoms with van der Waals surface area (Å²) < 4.78 is 0. The number of aliphatic carboxylic acids is 1. The van der Waals surface area contributed by atoms with Crippen LogP contribution in [-0.2, 0) is 35.2 Å². The number of unbranched alkanes of at least 4 members (excludes halogenated alkanes) is 2. The summed E-state index contributed by atoms with van der Waals surface area (Å²) in [6, 6.07) is 1.99. The Morgan fingerprint density at radius 2 is 1.46 bits per heavy atom. The highest BCUT2D eigenvalue weighted by molar-refractivity contribution is 5.96. The molecule has 3 rings (SSSR count). The highest BCUT2D eigenvalue weighted by atomic mass is 16.4. The van der Waals surface area contributed by atoms with Crippen molar-refractivity contribution in [3.63, 3.8) is 0 Å². The number of phenols is 1. The van der Waals surface area contributed by atoms with E-state index < -0.39 is 59.6 Å². The molecule has 0 spiro atoms. The highest BCUT2D eigenvalue weighted by Gasteiger charge is 2.33. The number of benzene rings is 1. The Bertz CT molecular complexity index is 1360. The molecule has 0 radical (unpaired) electrons. The summed E-state index contributed by atoms with van der Waals surface area (Å²) in [6.45, 7) is 0.818. The van der Waals surface area contributed by atoms with Gasteiger partial charge in [-0.3, -0.25) is 28.8 Å². The summed E-state index contributed by atoms with van der Waals surface area (Å²) in [7, 11) is 0. The predicted octanol–water partition coefficient (Wildman–Crippen LogP) is 2.11. The summed E-state index contributed by atoms with van der Waals surface area (Å²) >= 11 is 0. The number of carbonyl (C=O) groups is 6. The molecule has 5 atom stereocenters. The van der Waals surface area contributed by atoms with Gasteiger partial charge >= 0.3 is 5.97 Å². The molecule has 0 aromatic heterocycles. The molecule has 2 aliphatic rings. The van der Waals surface area contributed by atoms with Gasteiger partial charge in [0.05, 0.1) is 12.0 Å². The molecule has 0 saturated heterocycles. The zero-order valence-corrected chi connectivity index (χ0v) is 30.2. The first kappa shape index (κ1) is 42.1. The van der Waals surface area contributed by atoms with Crippen LogP contribution in [0.4, 0.5) is 0 Å². The molecule has 1 aromatic carbocycles. The van der Waals surface area contributed by atoms with Crippen LogP contribution in [0, 0.1) is 11.8 Å². The molecule has 0 bridgehead atoms. The van der Waals surface area contributed by atoms with Gasteiger partial charge in [0.2, 0.25) is 23.6 Å². The standard InChI is InChI=1S/C38H58N6O8/c39-20-8-6-13-29-35(48)42-31(14-7-9-21-40)36(49)43-30(12-2-1-3-15-34(47)41-29)37(50)44-32(23-26-16-18-28(45)19-17-26)33(46)24-27(38(51)52)22-25-10-4-5-11-25/h1-2,16-19,25,27,29-32,45H,3-15,20-24,39-40H2,(H,41,47)(H,42,48)(H,43,49)(H,44,50)(H,51,52)/t27-,29+,30+,31+,32+/m1/s1. The fourth-order valence-corrected chi connectivity index (χ4v) is 6.82. The van der Waals surface area contributed by atoms with Crippen molar-refractivity contribution in [3.8, 4) is 5.75 Å². The first-order valence-electron chi connectivity index (χ1n) is 18.8. The van der Waals surface area contributed by atoms with E-state index in [1.165, 1.54) is 12.1 Å². The molecule has 1 fully saturated rings. The van der Waals surface area contributed by atoms with Crippen LogP contribution in [0.25, 0.3) is 0 Å².